The van der Waals surface area contributed by atoms with E-state index in [1.165, 1.54) is 16.5 Å². The summed E-state index contributed by atoms with van der Waals surface area (Å²) in [4.78, 5) is 18.2. The lowest BCUT2D eigenvalue weighted by Gasteiger charge is -2.38. The Morgan fingerprint density at radius 3 is 2.88 bits per heavy atom. The summed E-state index contributed by atoms with van der Waals surface area (Å²) in [5, 5.41) is 10.4. The Bertz CT molecular complexity index is 797. The monoisotopic (exact) mass is 340 g/mol. The highest BCUT2D eigenvalue weighted by Gasteiger charge is 2.44. The molecule has 1 atom stereocenters. The molecule has 2 saturated heterocycles. The number of nitrogens with zero attached hydrogens (tertiary/aromatic N) is 2. The minimum absolute atomic E-state index is 0.215. The smallest absolute Gasteiger partial charge is 0.308 e. The molecule has 0 bridgehead atoms. The van der Waals surface area contributed by atoms with Gasteiger partial charge in [-0.25, -0.2) is 0 Å². The van der Waals surface area contributed by atoms with Crippen LogP contribution in [0.5, 0.6) is 0 Å². The number of rotatable bonds is 3. The molecule has 4 rings (SSSR count). The van der Waals surface area contributed by atoms with Gasteiger partial charge in [0.2, 0.25) is 0 Å². The van der Waals surface area contributed by atoms with Gasteiger partial charge in [0.1, 0.15) is 0 Å². The quantitative estimate of drug-likeness (QED) is 0.931. The van der Waals surface area contributed by atoms with E-state index in [0.717, 1.165) is 38.0 Å². The highest BCUT2D eigenvalue weighted by atomic mass is 16.5. The van der Waals surface area contributed by atoms with Crippen LogP contribution in [0.15, 0.2) is 30.5 Å². The Hall–Kier alpha value is -1.98. The second-order valence-electron chi connectivity index (χ2n) is 7.45. The third-order valence-electron chi connectivity index (χ3n) is 5.79. The van der Waals surface area contributed by atoms with Gasteiger partial charge in [0.05, 0.1) is 23.6 Å². The predicted octanol–water partition coefficient (Wildman–Crippen LogP) is 3.00. The van der Waals surface area contributed by atoms with Gasteiger partial charge in [0.25, 0.3) is 0 Å². The number of hydrogen-bond acceptors (Lipinski definition) is 4. The molecule has 0 saturated carbocycles. The van der Waals surface area contributed by atoms with Crippen LogP contribution in [0.3, 0.4) is 0 Å². The van der Waals surface area contributed by atoms with E-state index in [1.54, 1.807) is 0 Å². The highest BCUT2D eigenvalue weighted by Crippen LogP contribution is 2.39. The molecule has 2 aromatic rings. The zero-order valence-electron chi connectivity index (χ0n) is 14.6. The van der Waals surface area contributed by atoms with Gasteiger partial charge >= 0.3 is 5.97 Å². The molecule has 132 valence electrons. The number of aromatic nitrogens is 1. The first kappa shape index (κ1) is 16.5. The number of aliphatic carboxylic acids is 1. The van der Waals surface area contributed by atoms with Crippen LogP contribution < -0.4 is 0 Å². The third-order valence-corrected chi connectivity index (χ3v) is 5.79. The molecule has 0 radical (unpaired) electrons. The minimum atomic E-state index is -0.725. The molecular weight excluding hydrogens is 316 g/mol. The van der Waals surface area contributed by atoms with E-state index in [-0.39, 0.29) is 11.5 Å². The Morgan fingerprint density at radius 1 is 1.36 bits per heavy atom. The summed E-state index contributed by atoms with van der Waals surface area (Å²) in [6.07, 6.45) is 4.34. The van der Waals surface area contributed by atoms with Gasteiger partial charge in [0.15, 0.2) is 0 Å². The van der Waals surface area contributed by atoms with Gasteiger partial charge < -0.3 is 9.84 Å². The summed E-state index contributed by atoms with van der Waals surface area (Å²) in [6.45, 7) is 5.24. The molecular formula is C20H24N2O3. The van der Waals surface area contributed by atoms with Crippen molar-refractivity contribution < 1.29 is 14.6 Å². The summed E-state index contributed by atoms with van der Waals surface area (Å²) in [6, 6.07) is 8.47. The number of benzene rings is 1. The molecule has 2 aliphatic rings. The fourth-order valence-corrected chi connectivity index (χ4v) is 4.21. The largest absolute Gasteiger partial charge is 0.481 e. The average Bonchev–Trinajstić information content (AvgIpc) is 3.04. The number of likely N-dealkylation sites (tertiary alicyclic amines) is 1. The Balaban J connectivity index is 1.45. The lowest BCUT2D eigenvalue weighted by atomic mass is 9.85. The molecule has 5 nitrogen and oxygen atoms in total. The van der Waals surface area contributed by atoms with E-state index < -0.39 is 5.97 Å². The van der Waals surface area contributed by atoms with Crippen LogP contribution in [0.4, 0.5) is 0 Å². The van der Waals surface area contributed by atoms with E-state index in [9.17, 15) is 9.90 Å². The van der Waals surface area contributed by atoms with Crippen LogP contribution >= 0.6 is 0 Å². The topological polar surface area (TPSA) is 62.7 Å². The van der Waals surface area contributed by atoms with Crippen molar-refractivity contribution in [2.75, 3.05) is 19.7 Å². The van der Waals surface area contributed by atoms with Crippen LogP contribution in [-0.4, -0.2) is 46.3 Å². The number of carboxylic acid groups (broad SMARTS) is 1. The van der Waals surface area contributed by atoms with Crippen LogP contribution in [0.2, 0.25) is 0 Å². The number of ether oxygens (including phenoxy) is 1. The minimum Gasteiger partial charge on any atom is -0.481 e. The van der Waals surface area contributed by atoms with Crippen molar-refractivity contribution in [3.63, 3.8) is 0 Å². The molecule has 1 aromatic carbocycles. The summed E-state index contributed by atoms with van der Waals surface area (Å²) in [5.41, 5.74) is 3.38. The molecule has 1 aromatic heterocycles. The maximum Gasteiger partial charge on any atom is 0.308 e. The van der Waals surface area contributed by atoms with Crippen molar-refractivity contribution in [2.45, 2.75) is 38.3 Å². The van der Waals surface area contributed by atoms with Gasteiger partial charge in [-0.15, -0.1) is 0 Å². The first-order valence-electron chi connectivity index (χ1n) is 8.99. The summed E-state index contributed by atoms with van der Waals surface area (Å²) < 4.78 is 5.92. The zero-order valence-corrected chi connectivity index (χ0v) is 14.6. The standard InChI is InChI=1S/C20H24N2O3/c1-14-4-5-15(18-17(14)3-2-8-21-18)12-22-9-6-20(7-10-22)11-16(13-25-20)19(23)24/h2-5,8,16H,6-7,9-13H2,1H3,(H,23,24). The molecule has 5 heteroatoms. The summed E-state index contributed by atoms with van der Waals surface area (Å²) >= 11 is 0. The zero-order chi connectivity index (χ0) is 17.4. The first-order chi connectivity index (χ1) is 12.1. The number of aryl methyl sites for hydroxylation is 1. The van der Waals surface area contributed by atoms with Crippen molar-refractivity contribution in [1.82, 2.24) is 9.88 Å². The lowest BCUT2D eigenvalue weighted by molar-refractivity contribution is -0.141. The maximum atomic E-state index is 11.2. The van der Waals surface area contributed by atoms with E-state index >= 15 is 0 Å². The Labute approximate surface area is 147 Å². The normalized spacial score (nSPS) is 23.3. The summed E-state index contributed by atoms with van der Waals surface area (Å²) in [5.74, 6) is -1.06. The molecule has 0 aliphatic carbocycles. The molecule has 2 fully saturated rings. The second-order valence-corrected chi connectivity index (χ2v) is 7.45. The summed E-state index contributed by atoms with van der Waals surface area (Å²) in [7, 11) is 0. The van der Waals surface area contributed by atoms with Gasteiger partial charge in [-0.1, -0.05) is 18.2 Å². The predicted molar refractivity (Wildman–Crippen MR) is 95.4 cm³/mol. The SMILES string of the molecule is Cc1ccc(CN2CCC3(CC2)CC(C(=O)O)CO3)c2ncccc12. The van der Waals surface area contributed by atoms with Crippen molar-refractivity contribution >= 4 is 16.9 Å². The number of fused-ring (bicyclic) bond motifs is 1. The Morgan fingerprint density at radius 2 is 2.16 bits per heavy atom. The van der Waals surface area contributed by atoms with Gasteiger partial charge in [-0.3, -0.25) is 14.7 Å². The van der Waals surface area contributed by atoms with Gasteiger partial charge in [-0.2, -0.15) is 0 Å². The van der Waals surface area contributed by atoms with Crippen LogP contribution in [0.25, 0.3) is 10.9 Å². The maximum absolute atomic E-state index is 11.2. The molecule has 1 N–H and O–H groups in total. The van der Waals surface area contributed by atoms with Crippen molar-refractivity contribution in [3.8, 4) is 0 Å². The molecule has 1 spiro atoms. The second kappa shape index (κ2) is 6.39. The van der Waals surface area contributed by atoms with Crippen molar-refractivity contribution in [1.29, 1.82) is 0 Å². The number of carboxylic acids is 1. The van der Waals surface area contributed by atoms with E-state index in [2.05, 4.69) is 35.0 Å². The van der Waals surface area contributed by atoms with Crippen molar-refractivity contribution in [3.05, 3.63) is 41.6 Å². The van der Waals surface area contributed by atoms with Crippen LogP contribution in [0, 0.1) is 12.8 Å². The number of pyridine rings is 1. The molecule has 0 amide bonds. The average molecular weight is 340 g/mol. The fraction of sp³-hybridized carbons (Fsp3) is 0.500. The Kier molecular flexibility index (Phi) is 4.21. The highest BCUT2D eigenvalue weighted by molar-refractivity contribution is 5.84. The first-order valence-corrected chi connectivity index (χ1v) is 8.99. The van der Waals surface area contributed by atoms with Crippen molar-refractivity contribution in [2.24, 2.45) is 5.92 Å². The third kappa shape index (κ3) is 3.14. The van der Waals surface area contributed by atoms with E-state index in [4.69, 9.17) is 4.74 Å². The molecule has 3 heterocycles. The molecule has 25 heavy (non-hydrogen) atoms. The van der Waals surface area contributed by atoms with E-state index in [1.807, 2.05) is 12.3 Å². The number of carbonyl (C=O) groups is 1. The van der Waals surface area contributed by atoms with E-state index in [0.29, 0.717) is 13.0 Å². The van der Waals surface area contributed by atoms with Crippen LogP contribution in [0.1, 0.15) is 30.4 Å². The number of piperidine rings is 1. The molecule has 2 aliphatic heterocycles. The number of hydrogen-bond donors (Lipinski definition) is 1. The fourth-order valence-electron chi connectivity index (χ4n) is 4.21. The molecule has 1 unspecified atom stereocenters. The lowest BCUT2D eigenvalue weighted by Crippen LogP contribution is -2.43. The van der Waals surface area contributed by atoms with Gasteiger partial charge in [-0.05, 0) is 43.4 Å². The van der Waals surface area contributed by atoms with Gasteiger partial charge in [0, 0.05) is 31.2 Å². The van der Waals surface area contributed by atoms with Crippen LogP contribution in [-0.2, 0) is 16.1 Å².